The van der Waals surface area contributed by atoms with E-state index in [1.165, 1.54) is 0 Å². The zero-order valence-electron chi connectivity index (χ0n) is 11.1. The van der Waals surface area contributed by atoms with Crippen molar-refractivity contribution < 1.29 is 5.11 Å². The van der Waals surface area contributed by atoms with Crippen LogP contribution in [0.4, 0.5) is 0 Å². The lowest BCUT2D eigenvalue weighted by atomic mass is 9.94. The minimum absolute atomic E-state index is 0.414. The van der Waals surface area contributed by atoms with Crippen LogP contribution in [0.1, 0.15) is 30.9 Å². The number of hydrogen-bond acceptors (Lipinski definition) is 2. The van der Waals surface area contributed by atoms with E-state index in [2.05, 4.69) is 18.2 Å². The summed E-state index contributed by atoms with van der Waals surface area (Å²) in [4.78, 5) is 0. The smallest absolute Gasteiger partial charge is 0.0796 e. The molecule has 100 valence electrons. The van der Waals surface area contributed by atoms with Gasteiger partial charge in [-0.05, 0) is 42.5 Å². The first-order valence-electron chi connectivity index (χ1n) is 6.85. The fraction of sp³-hybridized carbons (Fsp3) is 0.294. The Morgan fingerprint density at radius 1 is 0.895 bits per heavy atom. The molecule has 19 heavy (non-hydrogen) atoms. The van der Waals surface area contributed by atoms with Gasteiger partial charge in [-0.25, -0.2) is 0 Å². The molecular formula is C17H21NO. The van der Waals surface area contributed by atoms with E-state index in [4.69, 9.17) is 5.73 Å². The second-order valence-corrected chi connectivity index (χ2v) is 4.75. The van der Waals surface area contributed by atoms with Crippen molar-refractivity contribution in [3.63, 3.8) is 0 Å². The summed E-state index contributed by atoms with van der Waals surface area (Å²) in [6, 6.07) is 18.3. The summed E-state index contributed by atoms with van der Waals surface area (Å²) in [7, 11) is 0. The summed E-state index contributed by atoms with van der Waals surface area (Å²) in [5.41, 5.74) is 8.76. The maximum absolute atomic E-state index is 10.3. The normalized spacial score (nSPS) is 12.3. The fourth-order valence-electron chi connectivity index (χ4n) is 2.31. The molecular weight excluding hydrogens is 234 g/mol. The molecule has 0 aliphatic heterocycles. The Morgan fingerprint density at radius 3 is 2.32 bits per heavy atom. The van der Waals surface area contributed by atoms with Gasteiger partial charge in [0.1, 0.15) is 0 Å². The fourth-order valence-corrected chi connectivity index (χ4v) is 2.31. The van der Waals surface area contributed by atoms with Crippen molar-refractivity contribution >= 4 is 0 Å². The lowest BCUT2D eigenvalue weighted by Gasteiger charge is -2.15. The van der Waals surface area contributed by atoms with Crippen molar-refractivity contribution in [3.05, 3.63) is 60.2 Å². The average Bonchev–Trinajstić information content (AvgIpc) is 2.48. The van der Waals surface area contributed by atoms with Crippen LogP contribution in [0, 0.1) is 0 Å². The van der Waals surface area contributed by atoms with E-state index >= 15 is 0 Å². The molecule has 2 heteroatoms. The molecule has 3 N–H and O–H groups in total. The van der Waals surface area contributed by atoms with E-state index in [-0.39, 0.29) is 0 Å². The number of aliphatic hydroxyl groups excluding tert-OH is 1. The third-order valence-electron chi connectivity index (χ3n) is 3.34. The van der Waals surface area contributed by atoms with Gasteiger partial charge < -0.3 is 10.8 Å². The van der Waals surface area contributed by atoms with Gasteiger partial charge in [0.25, 0.3) is 0 Å². The van der Waals surface area contributed by atoms with Gasteiger partial charge in [-0.2, -0.15) is 0 Å². The summed E-state index contributed by atoms with van der Waals surface area (Å²) in [6.45, 7) is 0.688. The standard InChI is InChI=1S/C17H21NO/c18-13-7-6-12-17(19)16-11-5-4-10-15(16)14-8-2-1-3-9-14/h1-5,8-11,17,19H,6-7,12-13,18H2. The van der Waals surface area contributed by atoms with E-state index in [1.54, 1.807) is 0 Å². The van der Waals surface area contributed by atoms with Gasteiger partial charge in [0, 0.05) is 0 Å². The van der Waals surface area contributed by atoms with Gasteiger partial charge in [0.05, 0.1) is 6.10 Å². The van der Waals surface area contributed by atoms with Crippen LogP contribution in [-0.4, -0.2) is 11.7 Å². The maximum atomic E-state index is 10.3. The van der Waals surface area contributed by atoms with Gasteiger partial charge in [-0.3, -0.25) is 0 Å². The molecule has 0 radical (unpaired) electrons. The number of nitrogens with two attached hydrogens (primary N) is 1. The highest BCUT2D eigenvalue weighted by molar-refractivity contribution is 5.67. The van der Waals surface area contributed by atoms with Crippen molar-refractivity contribution in [2.24, 2.45) is 5.73 Å². The number of unbranched alkanes of at least 4 members (excludes halogenated alkanes) is 1. The Hall–Kier alpha value is -1.64. The van der Waals surface area contributed by atoms with Gasteiger partial charge in [-0.15, -0.1) is 0 Å². The van der Waals surface area contributed by atoms with Gasteiger partial charge in [0.2, 0.25) is 0 Å². The highest BCUT2D eigenvalue weighted by Crippen LogP contribution is 2.30. The van der Waals surface area contributed by atoms with E-state index in [0.717, 1.165) is 36.0 Å². The number of hydrogen-bond donors (Lipinski definition) is 2. The van der Waals surface area contributed by atoms with Crippen molar-refractivity contribution in [2.45, 2.75) is 25.4 Å². The van der Waals surface area contributed by atoms with Crippen molar-refractivity contribution in [1.82, 2.24) is 0 Å². The molecule has 0 amide bonds. The first kappa shape index (κ1) is 13.8. The Bertz CT molecular complexity index is 496. The van der Waals surface area contributed by atoms with Gasteiger partial charge in [-0.1, -0.05) is 54.6 Å². The second kappa shape index (κ2) is 7.07. The van der Waals surface area contributed by atoms with Crippen LogP contribution in [0.5, 0.6) is 0 Å². The summed E-state index contributed by atoms with van der Waals surface area (Å²) < 4.78 is 0. The molecule has 0 spiro atoms. The number of benzene rings is 2. The van der Waals surface area contributed by atoms with Crippen LogP contribution >= 0.6 is 0 Å². The molecule has 1 unspecified atom stereocenters. The summed E-state index contributed by atoms with van der Waals surface area (Å²) in [6.07, 6.45) is 2.27. The van der Waals surface area contributed by atoms with E-state index < -0.39 is 6.10 Å². The minimum Gasteiger partial charge on any atom is -0.388 e. The van der Waals surface area contributed by atoms with Crippen LogP contribution in [0.25, 0.3) is 11.1 Å². The third kappa shape index (κ3) is 3.66. The van der Waals surface area contributed by atoms with Gasteiger partial charge >= 0.3 is 0 Å². The Labute approximate surface area is 114 Å². The Kier molecular flexibility index (Phi) is 5.13. The topological polar surface area (TPSA) is 46.2 Å². The molecule has 2 aromatic rings. The largest absolute Gasteiger partial charge is 0.388 e. The predicted octanol–water partition coefficient (Wildman–Crippen LogP) is 3.52. The lowest BCUT2D eigenvalue weighted by Crippen LogP contribution is -2.03. The van der Waals surface area contributed by atoms with Crippen molar-refractivity contribution in [1.29, 1.82) is 0 Å². The molecule has 2 rings (SSSR count). The molecule has 1 atom stereocenters. The van der Waals surface area contributed by atoms with Crippen LogP contribution in [0.3, 0.4) is 0 Å². The zero-order chi connectivity index (χ0) is 13.5. The molecule has 2 nitrogen and oxygen atoms in total. The lowest BCUT2D eigenvalue weighted by molar-refractivity contribution is 0.164. The summed E-state index contributed by atoms with van der Waals surface area (Å²) in [5.74, 6) is 0. The molecule has 0 bridgehead atoms. The van der Waals surface area contributed by atoms with E-state index in [9.17, 15) is 5.11 Å². The first-order valence-corrected chi connectivity index (χ1v) is 6.85. The molecule has 2 aromatic carbocycles. The Morgan fingerprint density at radius 2 is 1.58 bits per heavy atom. The predicted molar refractivity (Wildman–Crippen MR) is 79.7 cm³/mol. The highest BCUT2D eigenvalue weighted by atomic mass is 16.3. The molecule has 0 fully saturated rings. The van der Waals surface area contributed by atoms with Crippen molar-refractivity contribution in [3.8, 4) is 11.1 Å². The molecule has 0 saturated carbocycles. The molecule has 0 heterocycles. The second-order valence-electron chi connectivity index (χ2n) is 4.75. The molecule has 0 saturated heterocycles. The number of rotatable bonds is 6. The number of aliphatic hydroxyl groups is 1. The highest BCUT2D eigenvalue weighted by Gasteiger charge is 2.12. The minimum atomic E-state index is -0.414. The summed E-state index contributed by atoms with van der Waals surface area (Å²) >= 11 is 0. The Balaban J connectivity index is 2.21. The van der Waals surface area contributed by atoms with Crippen LogP contribution in [0.15, 0.2) is 54.6 Å². The van der Waals surface area contributed by atoms with E-state index in [0.29, 0.717) is 6.54 Å². The van der Waals surface area contributed by atoms with Crippen molar-refractivity contribution in [2.75, 3.05) is 6.54 Å². The zero-order valence-corrected chi connectivity index (χ0v) is 11.1. The molecule has 0 aromatic heterocycles. The monoisotopic (exact) mass is 255 g/mol. The third-order valence-corrected chi connectivity index (χ3v) is 3.34. The van der Waals surface area contributed by atoms with Crippen LogP contribution < -0.4 is 5.73 Å². The quantitative estimate of drug-likeness (QED) is 0.776. The molecule has 0 aliphatic carbocycles. The van der Waals surface area contributed by atoms with Gasteiger partial charge in [0.15, 0.2) is 0 Å². The van der Waals surface area contributed by atoms with E-state index in [1.807, 2.05) is 36.4 Å². The maximum Gasteiger partial charge on any atom is 0.0796 e. The van der Waals surface area contributed by atoms with Crippen LogP contribution in [-0.2, 0) is 0 Å². The molecule has 0 aliphatic rings. The first-order chi connectivity index (χ1) is 9.33. The SMILES string of the molecule is NCCCCC(O)c1ccccc1-c1ccccc1. The van der Waals surface area contributed by atoms with Crippen LogP contribution in [0.2, 0.25) is 0 Å². The summed E-state index contributed by atoms with van der Waals surface area (Å²) in [5, 5.41) is 10.3. The average molecular weight is 255 g/mol.